The minimum atomic E-state index is -1.51. The van der Waals surface area contributed by atoms with E-state index in [4.69, 9.17) is 24.7 Å². The Morgan fingerprint density at radius 2 is 1.52 bits per heavy atom. The van der Waals surface area contributed by atoms with E-state index in [0.717, 1.165) is 0 Å². The second kappa shape index (κ2) is 13.6. The number of hydrogen-bond donors (Lipinski definition) is 1. The van der Waals surface area contributed by atoms with E-state index in [1.165, 1.54) is 19.2 Å². The molecule has 0 amide bonds. The van der Waals surface area contributed by atoms with Gasteiger partial charge in [0.25, 0.3) is 0 Å². The Balaban J connectivity index is 3.22. The van der Waals surface area contributed by atoms with E-state index in [2.05, 4.69) is 0 Å². The summed E-state index contributed by atoms with van der Waals surface area (Å²) in [6.07, 6.45) is 1.20. The molecule has 2 N–H and O–H groups in total. The van der Waals surface area contributed by atoms with E-state index in [9.17, 15) is 19.2 Å². The van der Waals surface area contributed by atoms with Crippen molar-refractivity contribution in [3.63, 3.8) is 0 Å². The molecule has 1 aromatic rings. The number of hydrogen-bond acceptors (Lipinski definition) is 9. The fraction of sp³-hybridized carbons (Fsp3) is 0.583. The van der Waals surface area contributed by atoms with Gasteiger partial charge in [0, 0.05) is 32.1 Å². The smallest absolute Gasteiger partial charge is 0.326 e. The molecule has 0 fully saturated rings. The fourth-order valence-electron chi connectivity index (χ4n) is 3.24. The first kappa shape index (κ1) is 28.1. The van der Waals surface area contributed by atoms with Crippen LogP contribution in [0.15, 0.2) is 18.2 Å². The van der Waals surface area contributed by atoms with Crippen LogP contribution in [0.4, 0.5) is 0 Å². The van der Waals surface area contributed by atoms with Crippen LogP contribution in [0.5, 0.6) is 11.5 Å². The van der Waals surface area contributed by atoms with Crippen molar-refractivity contribution in [3.05, 3.63) is 23.8 Å². The number of nitrogens with two attached hydrogens (primary N) is 1. The molecule has 9 nitrogen and oxygen atoms in total. The largest absolute Gasteiger partial charge is 0.468 e. The van der Waals surface area contributed by atoms with Crippen molar-refractivity contribution in [2.24, 2.45) is 5.73 Å². The van der Waals surface area contributed by atoms with Gasteiger partial charge in [-0.1, -0.05) is 26.8 Å². The fourth-order valence-corrected chi connectivity index (χ4v) is 3.24. The van der Waals surface area contributed by atoms with Crippen LogP contribution in [0.2, 0.25) is 0 Å². The van der Waals surface area contributed by atoms with Crippen LogP contribution in [-0.4, -0.2) is 42.6 Å². The first-order valence-electron chi connectivity index (χ1n) is 11.2. The summed E-state index contributed by atoms with van der Waals surface area (Å²) < 4.78 is 20.9. The van der Waals surface area contributed by atoms with E-state index >= 15 is 0 Å². The average Bonchev–Trinajstić information content (AvgIpc) is 2.74. The maximum atomic E-state index is 12.5. The summed E-state index contributed by atoms with van der Waals surface area (Å²) in [6, 6.07) is 4.63. The highest BCUT2D eigenvalue weighted by molar-refractivity contribution is 5.81. The maximum absolute atomic E-state index is 12.5. The summed E-state index contributed by atoms with van der Waals surface area (Å²) in [4.78, 5) is 48.2. The lowest BCUT2D eigenvalue weighted by atomic mass is 9.86. The van der Waals surface area contributed by atoms with Crippen LogP contribution in [0.1, 0.15) is 71.8 Å². The molecule has 33 heavy (non-hydrogen) atoms. The van der Waals surface area contributed by atoms with Crippen molar-refractivity contribution in [2.75, 3.05) is 7.11 Å². The number of benzene rings is 1. The van der Waals surface area contributed by atoms with Gasteiger partial charge in [-0.15, -0.1) is 0 Å². The van der Waals surface area contributed by atoms with E-state index in [1.807, 2.05) is 13.8 Å². The van der Waals surface area contributed by atoms with Crippen molar-refractivity contribution < 1.29 is 38.1 Å². The molecular formula is C24H35NO8. The monoisotopic (exact) mass is 465 g/mol. The molecule has 0 aliphatic carbocycles. The van der Waals surface area contributed by atoms with Crippen molar-refractivity contribution in [1.29, 1.82) is 0 Å². The van der Waals surface area contributed by atoms with Crippen molar-refractivity contribution in [2.45, 2.75) is 84.3 Å². The zero-order valence-corrected chi connectivity index (χ0v) is 20.1. The second-order valence-electron chi connectivity index (χ2n) is 7.91. The Morgan fingerprint density at radius 1 is 0.939 bits per heavy atom. The Labute approximate surface area is 194 Å². The summed E-state index contributed by atoms with van der Waals surface area (Å²) in [6.45, 7) is 7.00. The number of methoxy groups -OCH3 is 1. The summed E-state index contributed by atoms with van der Waals surface area (Å²) in [5.74, 6) is -1.84. The Bertz CT molecular complexity index is 838. The first-order chi connectivity index (χ1) is 15.6. The summed E-state index contributed by atoms with van der Waals surface area (Å²) in [5, 5.41) is 0. The van der Waals surface area contributed by atoms with Gasteiger partial charge in [0.15, 0.2) is 11.5 Å². The lowest BCUT2D eigenvalue weighted by molar-refractivity contribution is -0.154. The van der Waals surface area contributed by atoms with Crippen LogP contribution < -0.4 is 15.2 Å². The number of esters is 4. The minimum Gasteiger partial charge on any atom is -0.468 e. The van der Waals surface area contributed by atoms with Crippen LogP contribution >= 0.6 is 0 Å². The first-order valence-corrected chi connectivity index (χ1v) is 11.2. The molecule has 0 aliphatic rings. The zero-order chi connectivity index (χ0) is 25.0. The van der Waals surface area contributed by atoms with E-state index in [1.54, 1.807) is 19.9 Å². The standard InChI is InChI=1S/C24H35NO8/c1-6-9-21(27)32-18-12-11-17(13-19(18)33-22(28)10-7-2)15-24(25,23(29)30-5)14-16(4)31-20(26)8-3/h11-13,16H,6-10,14-15,25H2,1-5H3/t16?,24-/m1/s1. The van der Waals surface area contributed by atoms with Gasteiger partial charge in [-0.05, 0) is 37.5 Å². The van der Waals surface area contributed by atoms with Crippen molar-refractivity contribution in [3.8, 4) is 11.5 Å². The van der Waals surface area contributed by atoms with Gasteiger partial charge in [0.05, 0.1) is 7.11 Å². The van der Waals surface area contributed by atoms with Gasteiger partial charge >= 0.3 is 23.9 Å². The van der Waals surface area contributed by atoms with E-state index in [0.29, 0.717) is 18.4 Å². The Kier molecular flexibility index (Phi) is 11.6. The van der Waals surface area contributed by atoms with Crippen LogP contribution in [0.25, 0.3) is 0 Å². The predicted octanol–water partition coefficient (Wildman–Crippen LogP) is 3.24. The molecule has 0 radical (unpaired) electrons. The third kappa shape index (κ3) is 9.21. The molecule has 184 valence electrons. The number of rotatable bonds is 13. The molecule has 0 aromatic heterocycles. The Morgan fingerprint density at radius 3 is 2.03 bits per heavy atom. The van der Waals surface area contributed by atoms with Gasteiger partial charge in [-0.25, -0.2) is 0 Å². The van der Waals surface area contributed by atoms with Gasteiger partial charge in [-0.2, -0.15) is 0 Å². The average molecular weight is 466 g/mol. The lowest BCUT2D eigenvalue weighted by Gasteiger charge is -2.29. The normalized spacial score (nSPS) is 13.4. The van der Waals surface area contributed by atoms with Crippen LogP contribution in [-0.2, 0) is 35.1 Å². The zero-order valence-electron chi connectivity index (χ0n) is 20.1. The van der Waals surface area contributed by atoms with Crippen molar-refractivity contribution >= 4 is 23.9 Å². The second-order valence-corrected chi connectivity index (χ2v) is 7.91. The molecule has 1 aromatic carbocycles. The van der Waals surface area contributed by atoms with Crippen LogP contribution in [0.3, 0.4) is 0 Å². The molecular weight excluding hydrogens is 430 g/mol. The maximum Gasteiger partial charge on any atom is 0.326 e. The van der Waals surface area contributed by atoms with Gasteiger partial charge in [-0.3, -0.25) is 19.2 Å². The Hall–Kier alpha value is -2.94. The van der Waals surface area contributed by atoms with Crippen LogP contribution in [0, 0.1) is 0 Å². The summed E-state index contributed by atoms with van der Waals surface area (Å²) >= 11 is 0. The molecule has 2 atom stereocenters. The highest BCUT2D eigenvalue weighted by atomic mass is 16.6. The number of ether oxygens (including phenoxy) is 4. The van der Waals surface area contributed by atoms with E-state index < -0.39 is 35.5 Å². The third-order valence-corrected chi connectivity index (χ3v) is 4.75. The molecule has 0 saturated carbocycles. The van der Waals surface area contributed by atoms with E-state index in [-0.39, 0.29) is 43.6 Å². The van der Waals surface area contributed by atoms with Gasteiger partial charge in [0.2, 0.25) is 0 Å². The van der Waals surface area contributed by atoms with Crippen molar-refractivity contribution in [1.82, 2.24) is 0 Å². The molecule has 0 spiro atoms. The SMILES string of the molecule is CCCC(=O)Oc1ccc(C[C@](N)(CC(C)OC(=O)CC)C(=O)OC)cc1OC(=O)CCC. The number of carbonyl (C=O) groups excluding carboxylic acids is 4. The van der Waals surface area contributed by atoms with Gasteiger partial charge in [0.1, 0.15) is 11.6 Å². The highest BCUT2D eigenvalue weighted by Gasteiger charge is 2.38. The molecule has 1 rings (SSSR count). The molecule has 0 bridgehead atoms. The molecule has 1 unspecified atom stereocenters. The molecule has 0 saturated heterocycles. The molecule has 0 heterocycles. The summed E-state index contributed by atoms with van der Waals surface area (Å²) in [5.41, 5.74) is 5.44. The molecule has 0 aliphatic heterocycles. The number of carbonyl (C=O) groups is 4. The highest BCUT2D eigenvalue weighted by Crippen LogP contribution is 2.31. The quantitative estimate of drug-likeness (QED) is 0.344. The third-order valence-electron chi connectivity index (χ3n) is 4.75. The predicted molar refractivity (Wildman–Crippen MR) is 121 cm³/mol. The molecule has 9 heteroatoms. The lowest BCUT2D eigenvalue weighted by Crippen LogP contribution is -2.53. The van der Waals surface area contributed by atoms with Gasteiger partial charge < -0.3 is 24.7 Å². The summed E-state index contributed by atoms with van der Waals surface area (Å²) in [7, 11) is 1.22. The topological polar surface area (TPSA) is 131 Å². The minimum absolute atomic E-state index is 0.00913.